The molecule has 0 spiro atoms. The van der Waals surface area contributed by atoms with E-state index in [0.29, 0.717) is 48.2 Å². The van der Waals surface area contributed by atoms with Gasteiger partial charge in [-0.1, -0.05) is 30.3 Å². The Labute approximate surface area is 200 Å². The van der Waals surface area contributed by atoms with Crippen molar-refractivity contribution < 1.29 is 26.4 Å². The summed E-state index contributed by atoms with van der Waals surface area (Å²) in [6.45, 7) is 1.84. The Bertz CT molecular complexity index is 1160. The number of piperidine rings is 1. The summed E-state index contributed by atoms with van der Waals surface area (Å²) in [6.07, 6.45) is -1.67. The van der Waals surface area contributed by atoms with E-state index in [-0.39, 0.29) is 10.8 Å². The minimum atomic E-state index is -4.38. The number of aliphatic imine (C=N–C) groups is 1. The molecule has 2 aliphatic heterocycles. The molecule has 0 atom stereocenters. The van der Waals surface area contributed by atoms with Crippen LogP contribution in [0.5, 0.6) is 0 Å². The van der Waals surface area contributed by atoms with E-state index in [4.69, 9.17) is 0 Å². The minimum absolute atomic E-state index is 0.165. The lowest BCUT2D eigenvalue weighted by molar-refractivity contribution is -0.137. The molecule has 0 saturated carbocycles. The topological polar surface area (TPSA) is 70.1 Å². The van der Waals surface area contributed by atoms with Gasteiger partial charge in [-0.3, -0.25) is 14.7 Å². The molecule has 0 N–H and O–H groups in total. The average molecular weight is 512 g/mol. The van der Waals surface area contributed by atoms with E-state index in [0.717, 1.165) is 31.4 Å². The van der Waals surface area contributed by atoms with Gasteiger partial charge >= 0.3 is 6.18 Å². The molecule has 0 aromatic heterocycles. The number of amidine groups is 1. The average Bonchev–Trinajstić information content (AvgIpc) is 3.31. The first-order chi connectivity index (χ1) is 16.2. The molecule has 0 unspecified atom stereocenters. The van der Waals surface area contributed by atoms with Gasteiger partial charge in [0.1, 0.15) is 0 Å². The lowest BCUT2D eigenvalue weighted by Gasteiger charge is -2.26. The summed E-state index contributed by atoms with van der Waals surface area (Å²) >= 11 is 1.28. The van der Waals surface area contributed by atoms with Gasteiger partial charge in [-0.15, -0.1) is 0 Å². The number of hydrogen-bond acceptors (Lipinski definition) is 5. The molecule has 2 aromatic rings. The van der Waals surface area contributed by atoms with Crippen LogP contribution in [0.2, 0.25) is 0 Å². The summed E-state index contributed by atoms with van der Waals surface area (Å²) in [5, 5.41) is 0.495. The minimum Gasteiger partial charge on any atom is -0.286 e. The molecule has 1 saturated heterocycles. The van der Waals surface area contributed by atoms with Crippen molar-refractivity contribution in [1.82, 2.24) is 9.21 Å². The van der Waals surface area contributed by atoms with Gasteiger partial charge in [0.25, 0.3) is 5.91 Å². The highest BCUT2D eigenvalue weighted by Crippen LogP contribution is 2.30. The third-order valence-corrected chi connectivity index (χ3v) is 8.75. The first-order valence-corrected chi connectivity index (χ1v) is 13.3. The van der Waals surface area contributed by atoms with Crippen molar-refractivity contribution in [3.05, 3.63) is 65.2 Å². The van der Waals surface area contributed by atoms with Gasteiger partial charge in [0.05, 0.1) is 17.0 Å². The molecule has 11 heteroatoms. The van der Waals surface area contributed by atoms with Crippen molar-refractivity contribution in [2.45, 2.75) is 36.1 Å². The van der Waals surface area contributed by atoms with Gasteiger partial charge in [-0.05, 0) is 54.8 Å². The Morgan fingerprint density at radius 2 is 1.59 bits per heavy atom. The predicted molar refractivity (Wildman–Crippen MR) is 125 cm³/mol. The second-order valence-corrected chi connectivity index (χ2v) is 11.0. The number of halogens is 3. The summed E-state index contributed by atoms with van der Waals surface area (Å²) in [5.41, 5.74) is 0.330. The number of rotatable bonds is 5. The van der Waals surface area contributed by atoms with Gasteiger partial charge < -0.3 is 0 Å². The summed E-state index contributed by atoms with van der Waals surface area (Å²) in [5.74, 6) is 0.0754. The number of carbonyl (C=O) groups excluding carboxylic acids is 1. The van der Waals surface area contributed by atoms with Gasteiger partial charge in [-0.25, -0.2) is 8.42 Å². The van der Waals surface area contributed by atoms with Crippen LogP contribution in [-0.4, -0.2) is 54.9 Å². The zero-order chi connectivity index (χ0) is 24.3. The van der Waals surface area contributed by atoms with E-state index in [2.05, 4.69) is 4.99 Å². The highest BCUT2D eigenvalue weighted by Gasteiger charge is 2.30. The molecular weight excluding hydrogens is 487 g/mol. The molecular formula is C23H24F3N3O3S2. The van der Waals surface area contributed by atoms with E-state index >= 15 is 0 Å². The molecule has 2 heterocycles. The maximum atomic E-state index is 13.0. The molecule has 0 aliphatic carbocycles. The predicted octanol–water partition coefficient (Wildman–Crippen LogP) is 4.63. The van der Waals surface area contributed by atoms with Crippen molar-refractivity contribution >= 4 is 32.9 Å². The van der Waals surface area contributed by atoms with Crippen molar-refractivity contribution in [2.75, 3.05) is 26.2 Å². The number of sulfonamides is 1. The number of alkyl halides is 3. The summed E-state index contributed by atoms with van der Waals surface area (Å²) in [4.78, 5) is 19.1. The van der Waals surface area contributed by atoms with E-state index in [1.807, 2.05) is 0 Å². The Balaban J connectivity index is 1.40. The fourth-order valence-corrected chi connectivity index (χ4v) is 6.37. The number of nitrogens with zero attached hydrogens (tertiary/aromatic N) is 3. The third-order valence-electron chi connectivity index (χ3n) is 5.75. The molecule has 1 amide bonds. The number of amides is 1. The summed E-state index contributed by atoms with van der Waals surface area (Å²) < 4.78 is 65.3. The molecule has 0 bridgehead atoms. The lowest BCUT2D eigenvalue weighted by atomic mass is 10.1. The molecule has 4 rings (SSSR count). The number of carbonyl (C=O) groups is 1. The van der Waals surface area contributed by atoms with Gasteiger partial charge in [0.15, 0.2) is 5.17 Å². The van der Waals surface area contributed by atoms with Crippen molar-refractivity contribution in [1.29, 1.82) is 0 Å². The highest BCUT2D eigenvalue weighted by molar-refractivity contribution is 8.13. The van der Waals surface area contributed by atoms with Crippen LogP contribution < -0.4 is 0 Å². The normalized spacial score (nSPS) is 17.6. The molecule has 2 aromatic carbocycles. The maximum absolute atomic E-state index is 13.0. The summed E-state index contributed by atoms with van der Waals surface area (Å²) in [7, 11) is -3.58. The quantitative estimate of drug-likeness (QED) is 0.587. The number of thioether (sulfide) groups is 1. The van der Waals surface area contributed by atoms with E-state index in [1.54, 1.807) is 0 Å². The highest BCUT2D eigenvalue weighted by atomic mass is 32.2. The second kappa shape index (κ2) is 10.1. The molecule has 0 radical (unpaired) electrons. The fraction of sp³-hybridized carbons (Fsp3) is 0.391. The van der Waals surface area contributed by atoms with Crippen molar-refractivity contribution in [3.8, 4) is 0 Å². The zero-order valence-corrected chi connectivity index (χ0v) is 19.9. The Hall–Kier alpha value is -2.37. The number of hydrogen-bond donors (Lipinski definition) is 0. The van der Waals surface area contributed by atoms with Crippen LogP contribution >= 0.6 is 11.8 Å². The van der Waals surface area contributed by atoms with E-state index in [1.165, 1.54) is 57.4 Å². The molecule has 6 nitrogen and oxygen atoms in total. The summed E-state index contributed by atoms with van der Waals surface area (Å²) in [6, 6.07) is 10.8. The van der Waals surface area contributed by atoms with Crippen LogP contribution in [0.3, 0.4) is 0 Å². The van der Waals surface area contributed by atoms with Crippen LogP contribution in [0.4, 0.5) is 13.2 Å². The fourth-order valence-electron chi connectivity index (χ4n) is 3.86. The van der Waals surface area contributed by atoms with Crippen molar-refractivity contribution in [3.63, 3.8) is 0 Å². The van der Waals surface area contributed by atoms with Gasteiger partial charge in [0.2, 0.25) is 10.0 Å². The Kier molecular flexibility index (Phi) is 7.34. The lowest BCUT2D eigenvalue weighted by Crippen LogP contribution is -2.35. The SMILES string of the molecule is O=C(c1ccc(S(=O)(=O)N2CCCCC2)cc1)N1CCN=C1SCc1ccc(C(F)(F)F)cc1. The maximum Gasteiger partial charge on any atom is 0.416 e. The molecule has 1 fully saturated rings. The first kappa shape index (κ1) is 24.7. The zero-order valence-electron chi connectivity index (χ0n) is 18.3. The molecule has 34 heavy (non-hydrogen) atoms. The largest absolute Gasteiger partial charge is 0.416 e. The number of benzene rings is 2. The van der Waals surface area contributed by atoms with Crippen LogP contribution in [0.15, 0.2) is 58.4 Å². The van der Waals surface area contributed by atoms with E-state index in [9.17, 15) is 26.4 Å². The van der Waals surface area contributed by atoms with Crippen molar-refractivity contribution in [2.24, 2.45) is 4.99 Å². The van der Waals surface area contributed by atoms with E-state index < -0.39 is 21.8 Å². The van der Waals surface area contributed by atoms with Crippen LogP contribution in [0, 0.1) is 0 Å². The first-order valence-electron chi connectivity index (χ1n) is 10.9. The second-order valence-electron chi connectivity index (χ2n) is 8.09. The monoisotopic (exact) mass is 511 g/mol. The molecule has 2 aliphatic rings. The Morgan fingerprint density at radius 1 is 0.941 bits per heavy atom. The third kappa shape index (κ3) is 5.47. The Morgan fingerprint density at radius 3 is 2.21 bits per heavy atom. The van der Waals surface area contributed by atoms with Crippen LogP contribution in [-0.2, 0) is 22.0 Å². The smallest absolute Gasteiger partial charge is 0.286 e. The van der Waals surface area contributed by atoms with Crippen LogP contribution in [0.25, 0.3) is 0 Å². The van der Waals surface area contributed by atoms with Gasteiger partial charge in [-0.2, -0.15) is 17.5 Å². The van der Waals surface area contributed by atoms with Crippen LogP contribution in [0.1, 0.15) is 40.7 Å². The molecule has 182 valence electrons. The standard InChI is InChI=1S/C23H24F3N3O3S2/c24-23(25,26)19-8-4-17(5-9-19)16-33-22-27-12-15-29(22)21(30)18-6-10-20(11-7-18)34(31,32)28-13-2-1-3-14-28/h4-11H,1-3,12-16H2. The van der Waals surface area contributed by atoms with Gasteiger partial charge in [0, 0.05) is 31.0 Å².